The van der Waals surface area contributed by atoms with Crippen LogP contribution in [0.3, 0.4) is 0 Å². The molecule has 2 rings (SSSR count). The van der Waals surface area contributed by atoms with Crippen LogP contribution in [0.5, 0.6) is 0 Å². The number of rotatable bonds is 7. The molecule has 5 heteroatoms. The second kappa shape index (κ2) is 8.19. The second-order valence-electron chi connectivity index (χ2n) is 5.29. The molecule has 0 heterocycles. The van der Waals surface area contributed by atoms with Crippen LogP contribution in [0.1, 0.15) is 30.6 Å². The molecule has 0 saturated heterocycles. The Hall–Kier alpha value is -2.53. The lowest BCUT2D eigenvalue weighted by atomic mass is 10.1. The van der Waals surface area contributed by atoms with E-state index in [1.807, 2.05) is 37.3 Å². The molecule has 120 valence electrons. The number of hydrogen-bond donors (Lipinski definition) is 1. The van der Waals surface area contributed by atoms with Gasteiger partial charge in [0.2, 0.25) is 0 Å². The molecule has 0 saturated carbocycles. The summed E-state index contributed by atoms with van der Waals surface area (Å²) in [4.78, 5) is 14.8. The van der Waals surface area contributed by atoms with Crippen LogP contribution in [-0.2, 0) is 6.42 Å². The topological polar surface area (TPSA) is 75.7 Å². The molecule has 0 bridgehead atoms. The molecule has 0 aliphatic carbocycles. The molecule has 0 fully saturated rings. The minimum Gasteiger partial charge on any atom is -0.386 e. The molecule has 2 aromatic carbocycles. The summed E-state index contributed by atoms with van der Waals surface area (Å²) in [5.74, 6) is 0. The van der Waals surface area contributed by atoms with Crippen LogP contribution in [0.2, 0.25) is 0 Å². The number of benzene rings is 2. The zero-order chi connectivity index (χ0) is 16.7. The molecule has 5 nitrogen and oxygen atoms in total. The van der Waals surface area contributed by atoms with E-state index in [-0.39, 0.29) is 5.69 Å². The first-order valence-electron chi connectivity index (χ1n) is 7.58. The summed E-state index contributed by atoms with van der Waals surface area (Å²) in [6.45, 7) is 2.33. The van der Waals surface area contributed by atoms with E-state index in [2.05, 4.69) is 4.99 Å². The zero-order valence-electron chi connectivity index (χ0n) is 13.1. The van der Waals surface area contributed by atoms with Gasteiger partial charge < -0.3 is 5.11 Å². The van der Waals surface area contributed by atoms with Gasteiger partial charge in [-0.05, 0) is 17.5 Å². The van der Waals surface area contributed by atoms with E-state index in [0.717, 1.165) is 23.3 Å². The number of nitro benzene ring substituents is 1. The quantitative estimate of drug-likeness (QED) is 0.481. The maximum atomic E-state index is 10.7. The summed E-state index contributed by atoms with van der Waals surface area (Å²) < 4.78 is 0. The lowest BCUT2D eigenvalue weighted by Gasteiger charge is -2.10. The minimum atomic E-state index is -0.616. The van der Waals surface area contributed by atoms with Crippen molar-refractivity contribution in [1.82, 2.24) is 0 Å². The maximum Gasteiger partial charge on any atom is 0.269 e. The van der Waals surface area contributed by atoms with Crippen molar-refractivity contribution >= 4 is 11.4 Å². The molecule has 0 aliphatic rings. The van der Waals surface area contributed by atoms with Crippen molar-refractivity contribution in [3.05, 3.63) is 75.8 Å². The van der Waals surface area contributed by atoms with Crippen molar-refractivity contribution in [3.8, 4) is 0 Å². The molecule has 23 heavy (non-hydrogen) atoms. The van der Waals surface area contributed by atoms with Gasteiger partial charge in [0.1, 0.15) is 0 Å². The molecule has 0 radical (unpaired) electrons. The van der Waals surface area contributed by atoms with Gasteiger partial charge in [0.15, 0.2) is 0 Å². The molecule has 0 amide bonds. The first-order chi connectivity index (χ1) is 11.1. The normalized spacial score (nSPS) is 12.9. The van der Waals surface area contributed by atoms with Gasteiger partial charge in [-0.25, -0.2) is 0 Å². The predicted octanol–water partition coefficient (Wildman–Crippen LogP) is 3.72. The number of nitro groups is 1. The SMILES string of the molecule is CCC(Cc1ccc([N+](=O)[O-])cc1)=NCC(O)c1ccccc1. The lowest BCUT2D eigenvalue weighted by Crippen LogP contribution is -2.07. The fraction of sp³-hybridized carbons (Fsp3) is 0.278. The highest BCUT2D eigenvalue weighted by molar-refractivity contribution is 5.86. The van der Waals surface area contributed by atoms with Gasteiger partial charge in [-0.15, -0.1) is 0 Å². The molecule has 1 unspecified atom stereocenters. The molecule has 0 aliphatic heterocycles. The van der Waals surface area contributed by atoms with Crippen molar-refractivity contribution in [2.24, 2.45) is 4.99 Å². The second-order valence-corrected chi connectivity index (χ2v) is 5.29. The van der Waals surface area contributed by atoms with E-state index in [4.69, 9.17) is 0 Å². The molecule has 0 spiro atoms. The van der Waals surface area contributed by atoms with Crippen LogP contribution in [0, 0.1) is 10.1 Å². The summed E-state index contributed by atoms with van der Waals surface area (Å²) in [6.07, 6.45) is 0.795. The van der Waals surface area contributed by atoms with Crippen molar-refractivity contribution in [1.29, 1.82) is 0 Å². The Balaban J connectivity index is 2.00. The third-order valence-electron chi connectivity index (χ3n) is 3.64. The van der Waals surface area contributed by atoms with Crippen molar-refractivity contribution in [2.75, 3.05) is 6.54 Å². The van der Waals surface area contributed by atoms with Crippen LogP contribution < -0.4 is 0 Å². The van der Waals surface area contributed by atoms with Gasteiger partial charge in [0.05, 0.1) is 17.6 Å². The van der Waals surface area contributed by atoms with E-state index in [9.17, 15) is 15.2 Å². The van der Waals surface area contributed by atoms with Crippen LogP contribution in [0.4, 0.5) is 5.69 Å². The third-order valence-corrected chi connectivity index (χ3v) is 3.64. The van der Waals surface area contributed by atoms with Crippen LogP contribution in [0.15, 0.2) is 59.6 Å². The Bertz CT molecular complexity index is 666. The monoisotopic (exact) mass is 312 g/mol. The van der Waals surface area contributed by atoms with Gasteiger partial charge in [0.25, 0.3) is 5.69 Å². The maximum absolute atomic E-state index is 10.7. The number of nitrogens with zero attached hydrogens (tertiary/aromatic N) is 2. The highest BCUT2D eigenvalue weighted by Crippen LogP contribution is 2.15. The number of hydrogen-bond acceptors (Lipinski definition) is 4. The number of aliphatic hydroxyl groups excluding tert-OH is 1. The molecule has 2 aromatic rings. The third kappa shape index (κ3) is 5.00. The fourth-order valence-corrected chi connectivity index (χ4v) is 2.26. The molecule has 0 aromatic heterocycles. The highest BCUT2D eigenvalue weighted by atomic mass is 16.6. The first kappa shape index (κ1) is 16.8. The standard InChI is InChI=1S/C18H20N2O3/c1-2-16(12-14-8-10-17(11-9-14)20(22)23)19-13-18(21)15-6-4-3-5-7-15/h3-11,18,21H,2,12-13H2,1H3. The Morgan fingerprint density at radius 3 is 2.39 bits per heavy atom. The van der Waals surface area contributed by atoms with Crippen LogP contribution in [-0.4, -0.2) is 22.3 Å². The van der Waals surface area contributed by atoms with Gasteiger partial charge in [0, 0.05) is 24.3 Å². The van der Waals surface area contributed by atoms with E-state index in [0.29, 0.717) is 13.0 Å². The highest BCUT2D eigenvalue weighted by Gasteiger charge is 2.08. The zero-order valence-corrected chi connectivity index (χ0v) is 13.1. The Morgan fingerprint density at radius 2 is 1.83 bits per heavy atom. The summed E-state index contributed by atoms with van der Waals surface area (Å²) in [5.41, 5.74) is 2.88. The van der Waals surface area contributed by atoms with E-state index >= 15 is 0 Å². The van der Waals surface area contributed by atoms with Crippen molar-refractivity contribution in [3.63, 3.8) is 0 Å². The van der Waals surface area contributed by atoms with Crippen LogP contribution >= 0.6 is 0 Å². The van der Waals surface area contributed by atoms with Gasteiger partial charge >= 0.3 is 0 Å². The molecular weight excluding hydrogens is 292 g/mol. The van der Waals surface area contributed by atoms with Gasteiger partial charge in [-0.1, -0.05) is 49.4 Å². The smallest absolute Gasteiger partial charge is 0.269 e. The largest absolute Gasteiger partial charge is 0.386 e. The summed E-state index contributed by atoms with van der Waals surface area (Å²) >= 11 is 0. The van der Waals surface area contributed by atoms with Crippen LogP contribution in [0.25, 0.3) is 0 Å². The van der Waals surface area contributed by atoms with Crippen molar-refractivity contribution < 1.29 is 10.0 Å². The number of aliphatic hydroxyl groups is 1. The first-order valence-corrected chi connectivity index (χ1v) is 7.58. The molecule has 1 atom stereocenters. The lowest BCUT2D eigenvalue weighted by molar-refractivity contribution is -0.384. The summed E-state index contributed by atoms with van der Waals surface area (Å²) in [7, 11) is 0. The Morgan fingerprint density at radius 1 is 1.17 bits per heavy atom. The predicted molar refractivity (Wildman–Crippen MR) is 90.8 cm³/mol. The Kier molecular flexibility index (Phi) is 6.00. The molecule has 1 N–H and O–H groups in total. The van der Waals surface area contributed by atoms with E-state index in [1.165, 1.54) is 12.1 Å². The van der Waals surface area contributed by atoms with Crippen molar-refractivity contribution in [2.45, 2.75) is 25.9 Å². The average molecular weight is 312 g/mol. The summed E-state index contributed by atoms with van der Waals surface area (Å²) in [5, 5.41) is 20.8. The molecular formula is C18H20N2O3. The number of aliphatic imine (C=N–C) groups is 1. The average Bonchev–Trinajstić information content (AvgIpc) is 2.59. The number of non-ortho nitro benzene ring substituents is 1. The summed E-state index contributed by atoms with van der Waals surface area (Å²) in [6, 6.07) is 15.9. The van der Waals surface area contributed by atoms with E-state index < -0.39 is 11.0 Å². The minimum absolute atomic E-state index is 0.0863. The Labute approximate surface area is 135 Å². The fourth-order valence-electron chi connectivity index (χ4n) is 2.26. The van der Waals surface area contributed by atoms with Gasteiger partial charge in [-0.3, -0.25) is 15.1 Å². The van der Waals surface area contributed by atoms with Gasteiger partial charge in [-0.2, -0.15) is 0 Å². The van der Waals surface area contributed by atoms with E-state index in [1.54, 1.807) is 12.1 Å².